The Hall–Kier alpha value is -2.20. The van der Waals surface area contributed by atoms with Crippen LogP contribution in [0.3, 0.4) is 0 Å². The molecule has 114 valence electrons. The van der Waals surface area contributed by atoms with Gasteiger partial charge in [0.25, 0.3) is 0 Å². The van der Waals surface area contributed by atoms with Crippen molar-refractivity contribution in [3.63, 3.8) is 0 Å². The molecule has 0 spiro atoms. The minimum Gasteiger partial charge on any atom is -0.382 e. The quantitative estimate of drug-likeness (QED) is 0.800. The van der Waals surface area contributed by atoms with Crippen LogP contribution in [0.25, 0.3) is 10.8 Å². The fourth-order valence-electron chi connectivity index (χ4n) is 2.96. The normalized spacial score (nSPS) is 14.0. The number of fused-ring (bicyclic) bond motifs is 3. The first kappa shape index (κ1) is 14.7. The summed E-state index contributed by atoms with van der Waals surface area (Å²) in [6.07, 6.45) is 1.89. The van der Waals surface area contributed by atoms with Crippen molar-refractivity contribution in [3.05, 3.63) is 47.5 Å². The molecule has 2 aromatic carbocycles. The highest BCUT2D eigenvalue weighted by atomic mass is 16.5. The van der Waals surface area contributed by atoms with Gasteiger partial charge >= 0.3 is 0 Å². The van der Waals surface area contributed by atoms with Crippen LogP contribution in [0, 0.1) is 10.8 Å². The fraction of sp³-hybridized carbons (Fsp3) is 0.333. The molecule has 0 amide bonds. The first-order valence-electron chi connectivity index (χ1n) is 7.79. The van der Waals surface area contributed by atoms with Gasteiger partial charge < -0.3 is 9.64 Å². The number of hydrogen-bond acceptors (Lipinski definition) is 3. The number of unbranched alkanes of at least 4 members (excludes halogenated alkanes) is 1. The van der Waals surface area contributed by atoms with Crippen LogP contribution in [0.4, 0.5) is 0 Å². The molecule has 4 nitrogen and oxygen atoms in total. The molecule has 0 aliphatic carbocycles. The average Bonchev–Trinajstić information content (AvgIpc) is 2.79. The zero-order valence-corrected chi connectivity index (χ0v) is 12.9. The van der Waals surface area contributed by atoms with E-state index in [9.17, 15) is 0 Å². The van der Waals surface area contributed by atoms with Gasteiger partial charge in [0.1, 0.15) is 11.7 Å². The first-order chi connectivity index (χ1) is 10.7. The van der Waals surface area contributed by atoms with Crippen molar-refractivity contribution in [2.24, 2.45) is 0 Å². The van der Waals surface area contributed by atoms with Crippen LogP contribution in [0.1, 0.15) is 30.9 Å². The van der Waals surface area contributed by atoms with Gasteiger partial charge in [0.05, 0.1) is 0 Å². The van der Waals surface area contributed by atoms with Gasteiger partial charge in [0, 0.05) is 30.9 Å². The maximum absolute atomic E-state index is 8.47. The van der Waals surface area contributed by atoms with E-state index in [4.69, 9.17) is 15.6 Å². The Morgan fingerprint density at radius 2 is 1.82 bits per heavy atom. The second-order valence-electron chi connectivity index (χ2n) is 5.46. The Balaban J connectivity index is 1.81. The monoisotopic (exact) mass is 295 g/mol. The second kappa shape index (κ2) is 6.28. The predicted octanol–water partition coefficient (Wildman–Crippen LogP) is 3.62. The predicted molar refractivity (Wildman–Crippen MR) is 90.0 cm³/mol. The van der Waals surface area contributed by atoms with E-state index in [1.54, 1.807) is 0 Å². The van der Waals surface area contributed by atoms with Crippen LogP contribution in [0.5, 0.6) is 0 Å². The third-order valence-corrected chi connectivity index (χ3v) is 4.09. The van der Waals surface area contributed by atoms with Gasteiger partial charge in [0.15, 0.2) is 0 Å². The van der Waals surface area contributed by atoms with Crippen LogP contribution in [-0.4, -0.2) is 36.3 Å². The molecule has 1 aliphatic rings. The number of nitrogens with zero attached hydrogens (tertiary/aromatic N) is 1. The molecular weight excluding hydrogens is 274 g/mol. The number of nitrogens with one attached hydrogen (secondary N) is 2. The molecular formula is C18H21N3O. The number of rotatable bonds is 6. The summed E-state index contributed by atoms with van der Waals surface area (Å²) >= 11 is 0. The Morgan fingerprint density at radius 3 is 2.64 bits per heavy atom. The van der Waals surface area contributed by atoms with Gasteiger partial charge in [-0.15, -0.1) is 0 Å². The lowest BCUT2D eigenvalue weighted by Gasteiger charge is -2.17. The SMILES string of the molecule is CCOCCCCN1C(=N)c2ccc3ccccc3c2C1=N. The molecule has 0 unspecified atom stereocenters. The Morgan fingerprint density at radius 1 is 1.00 bits per heavy atom. The molecule has 3 rings (SSSR count). The van der Waals surface area contributed by atoms with E-state index >= 15 is 0 Å². The van der Waals surface area contributed by atoms with Crippen LogP contribution in [-0.2, 0) is 4.74 Å². The van der Waals surface area contributed by atoms with E-state index in [1.807, 2.05) is 42.2 Å². The summed E-state index contributed by atoms with van der Waals surface area (Å²) in [5.74, 6) is 0.898. The maximum atomic E-state index is 8.47. The molecule has 0 bridgehead atoms. The molecule has 0 saturated carbocycles. The van der Waals surface area contributed by atoms with Crippen molar-refractivity contribution in [3.8, 4) is 0 Å². The number of hydrogen-bond donors (Lipinski definition) is 2. The zero-order valence-electron chi connectivity index (χ0n) is 12.9. The van der Waals surface area contributed by atoms with Crippen LogP contribution >= 0.6 is 0 Å². The molecule has 22 heavy (non-hydrogen) atoms. The Kier molecular flexibility index (Phi) is 4.20. The molecule has 2 aromatic rings. The van der Waals surface area contributed by atoms with Gasteiger partial charge in [-0.3, -0.25) is 10.8 Å². The maximum Gasteiger partial charge on any atom is 0.135 e. The van der Waals surface area contributed by atoms with E-state index in [2.05, 4.69) is 6.07 Å². The molecule has 4 heteroatoms. The average molecular weight is 295 g/mol. The van der Waals surface area contributed by atoms with E-state index in [1.165, 1.54) is 0 Å². The van der Waals surface area contributed by atoms with Crippen molar-refractivity contribution < 1.29 is 4.74 Å². The molecule has 0 radical (unpaired) electrons. The Labute approximate surface area is 130 Å². The lowest BCUT2D eigenvalue weighted by Crippen LogP contribution is -2.30. The molecule has 1 heterocycles. The van der Waals surface area contributed by atoms with E-state index < -0.39 is 0 Å². The minimum absolute atomic E-state index is 0.446. The molecule has 0 saturated heterocycles. The molecule has 0 atom stereocenters. The van der Waals surface area contributed by atoms with Crippen molar-refractivity contribution in [2.75, 3.05) is 19.8 Å². The molecule has 2 N–H and O–H groups in total. The van der Waals surface area contributed by atoms with Gasteiger partial charge in [-0.05, 0) is 36.6 Å². The van der Waals surface area contributed by atoms with Crippen molar-refractivity contribution in [1.29, 1.82) is 10.8 Å². The third-order valence-electron chi connectivity index (χ3n) is 4.09. The highest BCUT2D eigenvalue weighted by Crippen LogP contribution is 2.30. The summed E-state index contributed by atoms with van der Waals surface area (Å²) in [5, 5.41) is 19.0. The summed E-state index contributed by atoms with van der Waals surface area (Å²) in [6.45, 7) is 4.19. The van der Waals surface area contributed by atoms with E-state index in [0.717, 1.165) is 48.0 Å². The smallest absolute Gasteiger partial charge is 0.135 e. The summed E-state index contributed by atoms with van der Waals surface area (Å²) in [7, 11) is 0. The number of ether oxygens (including phenoxy) is 1. The lowest BCUT2D eigenvalue weighted by molar-refractivity contribution is 0.143. The second-order valence-corrected chi connectivity index (χ2v) is 5.46. The van der Waals surface area contributed by atoms with Gasteiger partial charge in [0.2, 0.25) is 0 Å². The highest BCUT2D eigenvalue weighted by molar-refractivity contribution is 6.28. The molecule has 0 fully saturated rings. The van der Waals surface area contributed by atoms with E-state index in [0.29, 0.717) is 18.2 Å². The number of benzene rings is 2. The largest absolute Gasteiger partial charge is 0.382 e. The third kappa shape index (κ3) is 2.50. The molecule has 0 aromatic heterocycles. The lowest BCUT2D eigenvalue weighted by atomic mass is 10.0. The Bertz CT molecular complexity index is 723. The van der Waals surface area contributed by atoms with Crippen LogP contribution in [0.15, 0.2) is 36.4 Å². The first-order valence-corrected chi connectivity index (χ1v) is 7.79. The molecule has 1 aliphatic heterocycles. The van der Waals surface area contributed by atoms with Gasteiger partial charge in [-0.25, -0.2) is 0 Å². The van der Waals surface area contributed by atoms with Crippen molar-refractivity contribution in [2.45, 2.75) is 19.8 Å². The van der Waals surface area contributed by atoms with Crippen LogP contribution in [0.2, 0.25) is 0 Å². The van der Waals surface area contributed by atoms with Crippen LogP contribution < -0.4 is 0 Å². The topological polar surface area (TPSA) is 60.2 Å². The van der Waals surface area contributed by atoms with Crippen molar-refractivity contribution in [1.82, 2.24) is 4.90 Å². The standard InChI is InChI=1S/C18H21N3O/c1-2-22-12-6-5-11-21-17(19)15-10-9-13-7-3-4-8-14(13)16(15)18(21)20/h3-4,7-10,19-20H,2,5-6,11-12H2,1H3. The fourth-order valence-corrected chi connectivity index (χ4v) is 2.96. The van der Waals surface area contributed by atoms with E-state index in [-0.39, 0.29) is 0 Å². The minimum atomic E-state index is 0.446. The summed E-state index contributed by atoms with van der Waals surface area (Å²) in [6, 6.07) is 12.1. The van der Waals surface area contributed by atoms with Gasteiger partial charge in [-0.1, -0.05) is 30.3 Å². The summed E-state index contributed by atoms with van der Waals surface area (Å²) in [4.78, 5) is 1.81. The summed E-state index contributed by atoms with van der Waals surface area (Å²) < 4.78 is 5.35. The van der Waals surface area contributed by atoms with Crippen molar-refractivity contribution >= 4 is 22.4 Å². The number of amidine groups is 2. The summed E-state index contributed by atoms with van der Waals surface area (Å²) in [5.41, 5.74) is 1.77. The highest BCUT2D eigenvalue weighted by Gasteiger charge is 2.30. The van der Waals surface area contributed by atoms with Gasteiger partial charge in [-0.2, -0.15) is 0 Å². The zero-order chi connectivity index (χ0) is 15.5.